The van der Waals surface area contributed by atoms with Crippen LogP contribution in [0.25, 0.3) is 0 Å². The number of pyridine rings is 1. The third kappa shape index (κ3) is 4.79. The summed E-state index contributed by atoms with van der Waals surface area (Å²) in [4.78, 5) is 3.67. The number of aromatic nitrogens is 1. The van der Waals surface area contributed by atoms with Gasteiger partial charge < -0.3 is 15.2 Å². The van der Waals surface area contributed by atoms with Gasteiger partial charge in [-0.25, -0.2) is 0 Å². The van der Waals surface area contributed by atoms with Crippen LogP contribution in [0.5, 0.6) is 5.88 Å². The van der Waals surface area contributed by atoms with Gasteiger partial charge in [0, 0.05) is 12.7 Å². The highest BCUT2D eigenvalue weighted by Gasteiger charge is 2.31. The lowest BCUT2D eigenvalue weighted by Gasteiger charge is -2.10. The number of alkyl halides is 3. The molecule has 0 aliphatic carbocycles. The number of anilines is 1. The fraction of sp³-hybridized carbons (Fsp3) is 0.545. The molecule has 1 rings (SSSR count). The predicted octanol–water partition coefficient (Wildman–Crippen LogP) is 2.49. The van der Waals surface area contributed by atoms with E-state index in [1.54, 1.807) is 0 Å². The Balaban J connectivity index is 2.58. The lowest BCUT2D eigenvalue weighted by molar-refractivity contribution is -0.137. The van der Waals surface area contributed by atoms with Gasteiger partial charge in [-0.1, -0.05) is 6.92 Å². The van der Waals surface area contributed by atoms with Gasteiger partial charge in [-0.2, -0.15) is 18.2 Å². The zero-order valence-electron chi connectivity index (χ0n) is 9.96. The van der Waals surface area contributed by atoms with Crippen molar-refractivity contribution in [2.24, 2.45) is 0 Å². The molecule has 1 heterocycles. The number of nitrogens with two attached hydrogens (primary N) is 1. The summed E-state index contributed by atoms with van der Waals surface area (Å²) in [6.45, 7) is 2.97. The zero-order chi connectivity index (χ0) is 13.6. The molecule has 0 spiro atoms. The highest BCUT2D eigenvalue weighted by Crippen LogP contribution is 2.31. The summed E-state index contributed by atoms with van der Waals surface area (Å²) >= 11 is 0. The summed E-state index contributed by atoms with van der Waals surface area (Å²) in [7, 11) is 0. The van der Waals surface area contributed by atoms with Crippen molar-refractivity contribution < 1.29 is 22.6 Å². The second-order valence-electron chi connectivity index (χ2n) is 3.58. The summed E-state index contributed by atoms with van der Waals surface area (Å²) in [5.41, 5.74) is 4.41. The number of hydrogen-bond acceptors (Lipinski definition) is 4. The smallest absolute Gasteiger partial charge is 0.416 e. The molecule has 0 fully saturated rings. The maximum atomic E-state index is 12.5. The second-order valence-corrected chi connectivity index (χ2v) is 3.58. The molecule has 0 saturated carbocycles. The number of nitrogen functional groups attached to an aromatic ring is 1. The molecule has 1 aromatic rings. The molecule has 0 aliphatic rings. The first-order valence-electron chi connectivity index (χ1n) is 5.48. The summed E-state index contributed by atoms with van der Waals surface area (Å²) in [6, 6.07) is 1.58. The van der Waals surface area contributed by atoms with E-state index in [1.165, 1.54) is 0 Å². The van der Waals surface area contributed by atoms with Crippen molar-refractivity contribution >= 4 is 5.82 Å². The first-order valence-corrected chi connectivity index (χ1v) is 5.48. The number of ether oxygens (including phenoxy) is 2. The summed E-state index contributed by atoms with van der Waals surface area (Å²) < 4.78 is 47.6. The van der Waals surface area contributed by atoms with Gasteiger partial charge in [0.05, 0.1) is 12.2 Å². The molecule has 0 aliphatic heterocycles. The van der Waals surface area contributed by atoms with E-state index in [1.807, 2.05) is 6.92 Å². The monoisotopic (exact) mass is 264 g/mol. The van der Waals surface area contributed by atoms with Crippen LogP contribution in [0.4, 0.5) is 19.0 Å². The Morgan fingerprint density at radius 1 is 1.22 bits per heavy atom. The van der Waals surface area contributed by atoms with Crippen molar-refractivity contribution in [2.75, 3.05) is 25.6 Å². The quantitative estimate of drug-likeness (QED) is 0.802. The van der Waals surface area contributed by atoms with E-state index in [0.29, 0.717) is 13.2 Å². The lowest BCUT2D eigenvalue weighted by Crippen LogP contribution is -2.11. The molecule has 0 saturated heterocycles. The average molecular weight is 264 g/mol. The third-order valence-corrected chi connectivity index (χ3v) is 1.98. The minimum atomic E-state index is -4.46. The second kappa shape index (κ2) is 6.44. The highest BCUT2D eigenvalue weighted by molar-refractivity contribution is 5.38. The summed E-state index contributed by atoms with van der Waals surface area (Å²) in [5.74, 6) is -0.378. The fourth-order valence-corrected chi connectivity index (χ4v) is 1.21. The van der Waals surface area contributed by atoms with Crippen LogP contribution in [0.2, 0.25) is 0 Å². The Morgan fingerprint density at radius 2 is 1.94 bits per heavy atom. The first kappa shape index (κ1) is 14.6. The van der Waals surface area contributed by atoms with Crippen molar-refractivity contribution in [1.82, 2.24) is 4.98 Å². The van der Waals surface area contributed by atoms with E-state index >= 15 is 0 Å². The van der Waals surface area contributed by atoms with Crippen molar-refractivity contribution in [2.45, 2.75) is 19.5 Å². The van der Waals surface area contributed by atoms with Gasteiger partial charge in [-0.3, -0.25) is 0 Å². The Bertz CT molecular complexity index is 383. The molecule has 0 bridgehead atoms. The van der Waals surface area contributed by atoms with Crippen LogP contribution in [-0.2, 0) is 10.9 Å². The summed E-state index contributed by atoms with van der Waals surface area (Å²) in [6.07, 6.45) is -3.59. The molecule has 2 N–H and O–H groups in total. The number of halogens is 3. The molecule has 7 heteroatoms. The number of nitrogens with zero attached hydrogens (tertiary/aromatic N) is 1. The molecule has 0 aromatic carbocycles. The molecular weight excluding hydrogens is 249 g/mol. The zero-order valence-corrected chi connectivity index (χ0v) is 9.96. The van der Waals surface area contributed by atoms with E-state index < -0.39 is 11.7 Å². The molecule has 102 valence electrons. The molecule has 18 heavy (non-hydrogen) atoms. The minimum Gasteiger partial charge on any atom is -0.475 e. The van der Waals surface area contributed by atoms with Gasteiger partial charge >= 0.3 is 6.18 Å². The number of hydrogen-bond donors (Lipinski definition) is 1. The molecule has 0 atom stereocenters. The minimum absolute atomic E-state index is 0.133. The first-order chi connectivity index (χ1) is 8.43. The Morgan fingerprint density at radius 3 is 2.56 bits per heavy atom. The standard InChI is InChI=1S/C11H15F3N2O2/c1-2-3-17-4-5-18-10-7-8(11(12,13)14)6-9(15)16-10/h6-7H,2-5H2,1H3,(H2,15,16). The largest absolute Gasteiger partial charge is 0.475 e. The van der Waals surface area contributed by atoms with Crippen LogP contribution < -0.4 is 10.5 Å². The van der Waals surface area contributed by atoms with Gasteiger partial charge in [0.25, 0.3) is 0 Å². The molecule has 0 radical (unpaired) electrons. The van der Waals surface area contributed by atoms with Crippen LogP contribution >= 0.6 is 0 Å². The van der Waals surface area contributed by atoms with Crippen LogP contribution in [-0.4, -0.2) is 24.8 Å². The Labute approximate surface area is 103 Å². The van der Waals surface area contributed by atoms with E-state index in [0.717, 1.165) is 18.6 Å². The Kier molecular flexibility index (Phi) is 5.21. The summed E-state index contributed by atoms with van der Waals surface area (Å²) in [5, 5.41) is 0. The van der Waals surface area contributed by atoms with Gasteiger partial charge in [0.1, 0.15) is 12.4 Å². The van der Waals surface area contributed by atoms with E-state index in [4.69, 9.17) is 15.2 Å². The van der Waals surface area contributed by atoms with E-state index in [-0.39, 0.29) is 18.3 Å². The van der Waals surface area contributed by atoms with Crippen molar-refractivity contribution in [3.63, 3.8) is 0 Å². The fourth-order valence-electron chi connectivity index (χ4n) is 1.21. The van der Waals surface area contributed by atoms with Crippen molar-refractivity contribution in [3.8, 4) is 5.88 Å². The normalized spacial score (nSPS) is 11.6. The van der Waals surface area contributed by atoms with Gasteiger partial charge in [-0.05, 0) is 12.5 Å². The lowest BCUT2D eigenvalue weighted by atomic mass is 10.2. The third-order valence-electron chi connectivity index (χ3n) is 1.98. The predicted molar refractivity (Wildman–Crippen MR) is 60.3 cm³/mol. The van der Waals surface area contributed by atoms with Gasteiger partial charge in [0.15, 0.2) is 0 Å². The van der Waals surface area contributed by atoms with Gasteiger partial charge in [-0.15, -0.1) is 0 Å². The van der Waals surface area contributed by atoms with E-state index in [9.17, 15) is 13.2 Å². The number of rotatable bonds is 6. The van der Waals surface area contributed by atoms with Crippen LogP contribution in [0.3, 0.4) is 0 Å². The molecule has 1 aromatic heterocycles. The molecule has 0 amide bonds. The SMILES string of the molecule is CCCOCCOc1cc(C(F)(F)F)cc(N)n1. The molecular formula is C11H15F3N2O2. The van der Waals surface area contributed by atoms with Gasteiger partial charge in [0.2, 0.25) is 5.88 Å². The van der Waals surface area contributed by atoms with Crippen LogP contribution in [0, 0.1) is 0 Å². The van der Waals surface area contributed by atoms with E-state index in [2.05, 4.69) is 4.98 Å². The highest BCUT2D eigenvalue weighted by atomic mass is 19.4. The molecule has 4 nitrogen and oxygen atoms in total. The maximum absolute atomic E-state index is 12.5. The van der Waals surface area contributed by atoms with Crippen molar-refractivity contribution in [1.29, 1.82) is 0 Å². The van der Waals surface area contributed by atoms with Crippen molar-refractivity contribution in [3.05, 3.63) is 17.7 Å². The van der Waals surface area contributed by atoms with Crippen LogP contribution in [0.15, 0.2) is 12.1 Å². The average Bonchev–Trinajstić information content (AvgIpc) is 2.27. The maximum Gasteiger partial charge on any atom is 0.416 e. The Hall–Kier alpha value is -1.50. The van der Waals surface area contributed by atoms with Crippen LogP contribution in [0.1, 0.15) is 18.9 Å². The topological polar surface area (TPSA) is 57.4 Å². The molecule has 0 unspecified atom stereocenters.